The lowest BCUT2D eigenvalue weighted by Crippen LogP contribution is -2.00. The topological polar surface area (TPSA) is 43.6 Å². The van der Waals surface area contributed by atoms with Gasteiger partial charge in [-0.2, -0.15) is 0 Å². The third-order valence-corrected chi connectivity index (χ3v) is 13.3. The summed E-state index contributed by atoms with van der Waals surface area (Å²) in [4.78, 5) is 15.4. The molecule has 4 nitrogen and oxygen atoms in total. The van der Waals surface area contributed by atoms with Crippen LogP contribution in [0.25, 0.3) is 113 Å². The van der Waals surface area contributed by atoms with Gasteiger partial charge < -0.3 is 4.57 Å². The first kappa shape index (κ1) is 32.3. The lowest BCUT2D eigenvalue weighted by molar-refractivity contribution is 1.08. The third kappa shape index (κ3) is 5.22. The molecule has 0 saturated carbocycles. The molecule has 8 aromatic carbocycles. The van der Waals surface area contributed by atoms with Crippen molar-refractivity contribution < 1.29 is 0 Å². The highest BCUT2D eigenvalue weighted by Gasteiger charge is 2.18. The molecule has 0 spiro atoms. The van der Waals surface area contributed by atoms with Crippen molar-refractivity contribution in [3.63, 3.8) is 0 Å². The normalized spacial score (nSPS) is 11.9. The molecule has 0 bridgehead atoms. The van der Waals surface area contributed by atoms with E-state index in [0.29, 0.717) is 17.5 Å². The summed E-state index contributed by atoms with van der Waals surface area (Å²) in [5.74, 6) is 2.00. The average molecular weight is 763 g/mol. The van der Waals surface area contributed by atoms with Crippen LogP contribution >= 0.6 is 22.7 Å². The van der Waals surface area contributed by atoms with Crippen molar-refractivity contribution in [3.8, 4) is 51.0 Å². The second-order valence-corrected chi connectivity index (χ2v) is 16.6. The molecule has 6 heteroatoms. The van der Waals surface area contributed by atoms with Crippen molar-refractivity contribution >= 4 is 84.8 Å². The van der Waals surface area contributed by atoms with E-state index in [4.69, 9.17) is 15.0 Å². The zero-order valence-electron chi connectivity index (χ0n) is 30.4. The molecule has 12 rings (SSSR count). The minimum atomic E-state index is 0.662. The Morgan fingerprint density at radius 2 is 0.947 bits per heavy atom. The minimum Gasteiger partial charge on any atom is -0.309 e. The Hall–Kier alpha value is -6.99. The van der Waals surface area contributed by atoms with E-state index in [1.165, 1.54) is 73.3 Å². The highest BCUT2D eigenvalue weighted by Crippen LogP contribution is 2.42. The fraction of sp³-hybridized carbons (Fsp3) is 0. The molecule has 12 aromatic rings. The first-order chi connectivity index (χ1) is 28.2. The van der Waals surface area contributed by atoms with Crippen LogP contribution in [-0.2, 0) is 0 Å². The molecular formula is C51H30N4S2. The predicted octanol–water partition coefficient (Wildman–Crippen LogP) is 14.4. The maximum Gasteiger partial charge on any atom is 0.164 e. The van der Waals surface area contributed by atoms with Gasteiger partial charge in [0.25, 0.3) is 0 Å². The van der Waals surface area contributed by atoms with E-state index in [0.717, 1.165) is 22.4 Å². The number of benzene rings is 8. The number of para-hydroxylation sites is 2. The Morgan fingerprint density at radius 3 is 1.81 bits per heavy atom. The maximum atomic E-state index is 5.21. The summed E-state index contributed by atoms with van der Waals surface area (Å²) in [6, 6.07) is 65.0. The number of hydrogen-bond donors (Lipinski definition) is 0. The van der Waals surface area contributed by atoms with Crippen LogP contribution in [0.5, 0.6) is 0 Å². The summed E-state index contributed by atoms with van der Waals surface area (Å²) >= 11 is 3.63. The first-order valence-corrected chi connectivity index (χ1v) is 20.6. The zero-order chi connectivity index (χ0) is 37.5. The fourth-order valence-corrected chi connectivity index (χ4v) is 10.7. The minimum absolute atomic E-state index is 0.662. The molecule has 0 radical (unpaired) electrons. The van der Waals surface area contributed by atoms with Gasteiger partial charge in [0.15, 0.2) is 17.5 Å². The highest BCUT2D eigenvalue weighted by atomic mass is 32.1. The first-order valence-electron chi connectivity index (χ1n) is 19.0. The van der Waals surface area contributed by atoms with Crippen LogP contribution in [-0.4, -0.2) is 19.5 Å². The largest absolute Gasteiger partial charge is 0.309 e. The van der Waals surface area contributed by atoms with Gasteiger partial charge in [0, 0.05) is 73.5 Å². The van der Waals surface area contributed by atoms with Crippen LogP contribution in [0.15, 0.2) is 182 Å². The number of thiophene rings is 2. The molecule has 0 aliphatic rings. The monoisotopic (exact) mass is 762 g/mol. The SMILES string of the molecule is c1ccc(-c2nc(-c3ccc4sc5cc(-c6ccc7c8ccccc8n(-c8ccccc8)c7c6)ccc5c4c3)nc(-c3cccc4sc5ccccc5c34)n2)cc1. The molecule has 4 aromatic heterocycles. The lowest BCUT2D eigenvalue weighted by atomic mass is 10.0. The molecule has 0 amide bonds. The molecule has 0 aliphatic carbocycles. The standard InChI is InChI=1S/C51H30N4S2/c1-3-12-31(13-4-1)49-52-50(54-51(53-49)40-18-11-21-46-48(40)39-17-8-10-20-44(39)56-46)34-24-27-45-41(28-34)38-26-23-33(30-47(38)57-45)32-22-25-37-36-16-7-9-19-42(36)55(43(37)29-32)35-14-5-2-6-15-35/h1-30H. The van der Waals surface area contributed by atoms with Crippen molar-refractivity contribution in [2.45, 2.75) is 0 Å². The van der Waals surface area contributed by atoms with E-state index in [1.807, 2.05) is 29.5 Å². The summed E-state index contributed by atoms with van der Waals surface area (Å²) in [6.07, 6.45) is 0. The van der Waals surface area contributed by atoms with E-state index in [-0.39, 0.29) is 0 Å². The summed E-state index contributed by atoms with van der Waals surface area (Å²) in [6.45, 7) is 0. The van der Waals surface area contributed by atoms with Gasteiger partial charge in [0.1, 0.15) is 0 Å². The van der Waals surface area contributed by atoms with E-state index >= 15 is 0 Å². The quantitative estimate of drug-likeness (QED) is 0.175. The Labute approximate surface area is 335 Å². The Balaban J connectivity index is 0.990. The molecule has 57 heavy (non-hydrogen) atoms. The predicted molar refractivity (Wildman–Crippen MR) is 242 cm³/mol. The van der Waals surface area contributed by atoms with Gasteiger partial charge in [-0.1, -0.05) is 121 Å². The van der Waals surface area contributed by atoms with Crippen LogP contribution < -0.4 is 0 Å². The van der Waals surface area contributed by atoms with Gasteiger partial charge in [-0.15, -0.1) is 22.7 Å². The summed E-state index contributed by atoms with van der Waals surface area (Å²) in [7, 11) is 0. The van der Waals surface area contributed by atoms with Crippen molar-refractivity contribution in [2.75, 3.05) is 0 Å². The van der Waals surface area contributed by atoms with Gasteiger partial charge in [-0.25, -0.2) is 15.0 Å². The van der Waals surface area contributed by atoms with Crippen molar-refractivity contribution in [3.05, 3.63) is 182 Å². The Bertz CT molecular complexity index is 3530. The molecular weight excluding hydrogens is 733 g/mol. The van der Waals surface area contributed by atoms with E-state index in [2.05, 4.69) is 168 Å². The van der Waals surface area contributed by atoms with Crippen molar-refractivity contribution in [2.24, 2.45) is 0 Å². The molecule has 0 fully saturated rings. The second-order valence-electron chi connectivity index (χ2n) is 14.4. The smallest absolute Gasteiger partial charge is 0.164 e. The summed E-state index contributed by atoms with van der Waals surface area (Å²) in [5.41, 5.74) is 8.92. The van der Waals surface area contributed by atoms with Gasteiger partial charge in [0.05, 0.1) is 11.0 Å². The number of aromatic nitrogens is 4. The molecule has 4 heterocycles. The number of rotatable bonds is 5. The molecule has 266 valence electrons. The average Bonchev–Trinajstić information content (AvgIpc) is 3.95. The Kier molecular flexibility index (Phi) is 7.24. The van der Waals surface area contributed by atoms with Gasteiger partial charge in [-0.3, -0.25) is 0 Å². The van der Waals surface area contributed by atoms with Crippen molar-refractivity contribution in [1.82, 2.24) is 19.5 Å². The molecule has 0 atom stereocenters. The van der Waals surface area contributed by atoms with E-state index in [9.17, 15) is 0 Å². The number of nitrogens with zero attached hydrogens (tertiary/aromatic N) is 4. The summed E-state index contributed by atoms with van der Waals surface area (Å²) < 4.78 is 7.34. The Morgan fingerprint density at radius 1 is 0.333 bits per heavy atom. The molecule has 0 saturated heterocycles. The van der Waals surface area contributed by atoms with Crippen LogP contribution in [0, 0.1) is 0 Å². The molecule has 0 N–H and O–H groups in total. The van der Waals surface area contributed by atoms with Gasteiger partial charge in [0.2, 0.25) is 0 Å². The van der Waals surface area contributed by atoms with Crippen LogP contribution in [0.1, 0.15) is 0 Å². The number of hydrogen-bond acceptors (Lipinski definition) is 5. The van der Waals surface area contributed by atoms with Crippen LogP contribution in [0.3, 0.4) is 0 Å². The van der Waals surface area contributed by atoms with E-state index in [1.54, 1.807) is 11.3 Å². The third-order valence-electron chi connectivity index (χ3n) is 11.1. The second kappa shape index (κ2) is 12.8. The molecule has 0 unspecified atom stereocenters. The van der Waals surface area contributed by atoms with Crippen LogP contribution in [0.2, 0.25) is 0 Å². The lowest BCUT2D eigenvalue weighted by Gasteiger charge is -2.10. The van der Waals surface area contributed by atoms with Gasteiger partial charge in [-0.05, 0) is 71.8 Å². The van der Waals surface area contributed by atoms with Gasteiger partial charge >= 0.3 is 0 Å². The van der Waals surface area contributed by atoms with Crippen LogP contribution in [0.4, 0.5) is 0 Å². The van der Waals surface area contributed by atoms with E-state index < -0.39 is 0 Å². The maximum absolute atomic E-state index is 5.21. The highest BCUT2D eigenvalue weighted by molar-refractivity contribution is 7.26. The number of fused-ring (bicyclic) bond motifs is 9. The summed E-state index contributed by atoms with van der Waals surface area (Å²) in [5, 5.41) is 7.35. The van der Waals surface area contributed by atoms with Crippen molar-refractivity contribution in [1.29, 1.82) is 0 Å². The zero-order valence-corrected chi connectivity index (χ0v) is 32.1. The molecule has 0 aliphatic heterocycles. The fourth-order valence-electron chi connectivity index (χ4n) is 8.40.